The van der Waals surface area contributed by atoms with Crippen LogP contribution < -0.4 is 5.32 Å². The quantitative estimate of drug-likeness (QED) is 0.735. The first-order valence-electron chi connectivity index (χ1n) is 7.88. The number of carbonyl (C=O) groups excluding carboxylic acids is 1. The van der Waals surface area contributed by atoms with Crippen molar-refractivity contribution in [1.82, 2.24) is 0 Å². The van der Waals surface area contributed by atoms with Gasteiger partial charge in [0.25, 0.3) is 5.91 Å². The zero-order chi connectivity index (χ0) is 16.9. The second-order valence-corrected chi connectivity index (χ2v) is 5.70. The van der Waals surface area contributed by atoms with Crippen LogP contribution in [0.25, 0.3) is 11.1 Å². The van der Waals surface area contributed by atoms with Crippen LogP contribution in [0.5, 0.6) is 0 Å². The molecule has 0 aromatic heterocycles. The zero-order valence-corrected chi connectivity index (χ0v) is 13.4. The number of benzene rings is 3. The molecular formula is C21H19NO2. The van der Waals surface area contributed by atoms with Crippen molar-refractivity contribution in [3.63, 3.8) is 0 Å². The van der Waals surface area contributed by atoms with Crippen molar-refractivity contribution in [2.45, 2.75) is 13.0 Å². The third kappa shape index (κ3) is 3.70. The Balaban J connectivity index is 1.71. The highest BCUT2D eigenvalue weighted by atomic mass is 16.3. The van der Waals surface area contributed by atoms with Crippen LogP contribution >= 0.6 is 0 Å². The molecule has 3 nitrogen and oxygen atoms in total. The van der Waals surface area contributed by atoms with Gasteiger partial charge in [-0.2, -0.15) is 0 Å². The normalized spacial score (nSPS) is 11.8. The van der Waals surface area contributed by atoms with Gasteiger partial charge < -0.3 is 10.4 Å². The lowest BCUT2D eigenvalue weighted by atomic mass is 10.0. The van der Waals surface area contributed by atoms with Gasteiger partial charge in [-0.3, -0.25) is 4.79 Å². The summed E-state index contributed by atoms with van der Waals surface area (Å²) in [5.74, 6) is -0.153. The highest BCUT2D eigenvalue weighted by Gasteiger charge is 2.07. The van der Waals surface area contributed by atoms with Gasteiger partial charge in [0, 0.05) is 11.3 Å². The van der Waals surface area contributed by atoms with Crippen LogP contribution in [-0.2, 0) is 0 Å². The van der Waals surface area contributed by atoms with E-state index in [-0.39, 0.29) is 5.91 Å². The van der Waals surface area contributed by atoms with Crippen LogP contribution in [0, 0.1) is 0 Å². The Morgan fingerprint density at radius 3 is 2.00 bits per heavy atom. The summed E-state index contributed by atoms with van der Waals surface area (Å²) in [5, 5.41) is 12.4. The molecule has 3 aromatic carbocycles. The van der Waals surface area contributed by atoms with E-state index in [1.165, 1.54) is 0 Å². The molecule has 0 aliphatic rings. The molecule has 1 amide bonds. The monoisotopic (exact) mass is 317 g/mol. The Bertz CT molecular complexity index is 807. The van der Waals surface area contributed by atoms with Gasteiger partial charge in [0.2, 0.25) is 0 Å². The van der Waals surface area contributed by atoms with Gasteiger partial charge in [0.1, 0.15) is 0 Å². The molecule has 0 spiro atoms. The van der Waals surface area contributed by atoms with Crippen molar-refractivity contribution < 1.29 is 9.90 Å². The van der Waals surface area contributed by atoms with Crippen LogP contribution in [-0.4, -0.2) is 11.0 Å². The predicted octanol–water partition coefficient (Wildman–Crippen LogP) is 4.66. The van der Waals surface area contributed by atoms with Crippen molar-refractivity contribution >= 4 is 11.6 Å². The maximum Gasteiger partial charge on any atom is 0.255 e. The Kier molecular flexibility index (Phi) is 4.73. The Morgan fingerprint density at radius 1 is 0.833 bits per heavy atom. The van der Waals surface area contributed by atoms with Crippen LogP contribution in [0.3, 0.4) is 0 Å². The third-order valence-corrected chi connectivity index (χ3v) is 3.91. The molecule has 0 bridgehead atoms. The number of hydrogen-bond acceptors (Lipinski definition) is 2. The second-order valence-electron chi connectivity index (χ2n) is 5.70. The number of aliphatic hydroxyl groups excluding tert-OH is 1. The molecule has 2 N–H and O–H groups in total. The van der Waals surface area contributed by atoms with Crippen LogP contribution in [0.1, 0.15) is 28.9 Å². The number of rotatable bonds is 4. The number of nitrogens with one attached hydrogen (secondary N) is 1. The average Bonchev–Trinajstić information content (AvgIpc) is 2.63. The summed E-state index contributed by atoms with van der Waals surface area (Å²) in [6.45, 7) is 1.71. The second kappa shape index (κ2) is 7.11. The molecule has 0 fully saturated rings. The molecule has 3 aromatic rings. The first-order chi connectivity index (χ1) is 11.6. The Labute approximate surface area is 141 Å². The largest absolute Gasteiger partial charge is 0.389 e. The van der Waals surface area contributed by atoms with Crippen LogP contribution in [0.15, 0.2) is 78.9 Å². The summed E-state index contributed by atoms with van der Waals surface area (Å²) >= 11 is 0. The molecule has 0 saturated heterocycles. The third-order valence-electron chi connectivity index (χ3n) is 3.91. The first-order valence-corrected chi connectivity index (χ1v) is 7.88. The topological polar surface area (TPSA) is 49.3 Å². The molecule has 3 heteroatoms. The zero-order valence-electron chi connectivity index (χ0n) is 13.4. The Hall–Kier alpha value is -2.91. The predicted molar refractivity (Wildman–Crippen MR) is 96.9 cm³/mol. The molecule has 24 heavy (non-hydrogen) atoms. The summed E-state index contributed by atoms with van der Waals surface area (Å²) in [4.78, 5) is 12.3. The fourth-order valence-corrected chi connectivity index (χ4v) is 2.49. The van der Waals surface area contributed by atoms with E-state index < -0.39 is 6.10 Å². The van der Waals surface area contributed by atoms with Crippen molar-refractivity contribution in [2.75, 3.05) is 5.32 Å². The molecular weight excluding hydrogens is 298 g/mol. The van der Waals surface area contributed by atoms with Gasteiger partial charge in [0.15, 0.2) is 0 Å². The first kappa shape index (κ1) is 16.0. The summed E-state index contributed by atoms with van der Waals surface area (Å²) in [6.07, 6.45) is -0.514. The van der Waals surface area contributed by atoms with Crippen molar-refractivity contribution in [1.29, 1.82) is 0 Å². The van der Waals surface area contributed by atoms with Gasteiger partial charge in [-0.25, -0.2) is 0 Å². The molecule has 0 aliphatic carbocycles. The number of amides is 1. The van der Waals surface area contributed by atoms with Crippen molar-refractivity contribution in [3.05, 3.63) is 90.0 Å². The minimum atomic E-state index is -0.514. The van der Waals surface area contributed by atoms with Gasteiger partial charge in [-0.1, -0.05) is 54.6 Å². The van der Waals surface area contributed by atoms with E-state index >= 15 is 0 Å². The smallest absolute Gasteiger partial charge is 0.255 e. The number of carbonyl (C=O) groups is 1. The molecule has 0 radical (unpaired) electrons. The standard InChI is InChI=1S/C21H19NO2/c1-15(23)16-11-13-20(14-12-16)22-21(24)19-9-7-18(8-10-19)17-5-3-2-4-6-17/h2-15,23H,1H3,(H,22,24)/t15-/m1/s1. The lowest BCUT2D eigenvalue weighted by molar-refractivity contribution is 0.102. The van der Waals surface area contributed by atoms with E-state index in [1.807, 2.05) is 54.6 Å². The van der Waals surface area contributed by atoms with Crippen molar-refractivity contribution in [2.24, 2.45) is 0 Å². The molecule has 0 heterocycles. The Morgan fingerprint density at radius 2 is 1.42 bits per heavy atom. The summed E-state index contributed by atoms with van der Waals surface area (Å²) in [5.41, 5.74) is 4.33. The molecule has 120 valence electrons. The van der Waals surface area contributed by atoms with Gasteiger partial charge in [0.05, 0.1) is 6.10 Å². The van der Waals surface area contributed by atoms with E-state index in [1.54, 1.807) is 31.2 Å². The van der Waals surface area contributed by atoms with Crippen molar-refractivity contribution in [3.8, 4) is 11.1 Å². The van der Waals surface area contributed by atoms with Gasteiger partial charge >= 0.3 is 0 Å². The highest BCUT2D eigenvalue weighted by molar-refractivity contribution is 6.04. The van der Waals surface area contributed by atoms with Gasteiger partial charge in [-0.15, -0.1) is 0 Å². The maximum atomic E-state index is 12.3. The molecule has 0 saturated carbocycles. The average molecular weight is 317 g/mol. The SMILES string of the molecule is C[C@@H](O)c1ccc(NC(=O)c2ccc(-c3ccccc3)cc2)cc1. The summed E-state index contributed by atoms with van der Waals surface area (Å²) < 4.78 is 0. The van der Waals surface area contributed by atoms with E-state index in [4.69, 9.17) is 0 Å². The lowest BCUT2D eigenvalue weighted by Gasteiger charge is -2.09. The van der Waals surface area contributed by atoms with Crippen LogP contribution in [0.4, 0.5) is 5.69 Å². The fraction of sp³-hybridized carbons (Fsp3) is 0.0952. The molecule has 0 unspecified atom stereocenters. The van der Waals surface area contributed by atoms with Gasteiger partial charge in [-0.05, 0) is 47.9 Å². The van der Waals surface area contributed by atoms with Crippen LogP contribution in [0.2, 0.25) is 0 Å². The lowest BCUT2D eigenvalue weighted by Crippen LogP contribution is -2.11. The maximum absolute atomic E-state index is 12.3. The molecule has 1 atom stereocenters. The minimum Gasteiger partial charge on any atom is -0.389 e. The van der Waals surface area contributed by atoms with E-state index in [9.17, 15) is 9.90 Å². The minimum absolute atomic E-state index is 0.153. The highest BCUT2D eigenvalue weighted by Crippen LogP contribution is 2.20. The van der Waals surface area contributed by atoms with E-state index in [0.717, 1.165) is 16.7 Å². The molecule has 3 rings (SSSR count). The number of anilines is 1. The summed E-state index contributed by atoms with van der Waals surface area (Å²) in [6, 6.07) is 24.8. The molecule has 0 aliphatic heterocycles. The number of aliphatic hydroxyl groups is 1. The van der Waals surface area contributed by atoms with E-state index in [0.29, 0.717) is 11.3 Å². The summed E-state index contributed by atoms with van der Waals surface area (Å²) in [7, 11) is 0. The number of hydrogen-bond donors (Lipinski definition) is 2. The fourth-order valence-electron chi connectivity index (χ4n) is 2.49. The van der Waals surface area contributed by atoms with E-state index in [2.05, 4.69) is 5.32 Å².